The van der Waals surface area contributed by atoms with E-state index in [9.17, 15) is 9.90 Å². The van der Waals surface area contributed by atoms with Crippen molar-refractivity contribution >= 4 is 5.97 Å². The van der Waals surface area contributed by atoms with Crippen LogP contribution in [0.5, 0.6) is 0 Å². The highest BCUT2D eigenvalue weighted by Gasteiger charge is 2.23. The average Bonchev–Trinajstić information content (AvgIpc) is 2.84. The van der Waals surface area contributed by atoms with Gasteiger partial charge in [0.2, 0.25) is 0 Å². The van der Waals surface area contributed by atoms with Gasteiger partial charge in [-0.05, 0) is 55.6 Å². The molecule has 2 N–H and O–H groups in total. The Morgan fingerprint density at radius 1 is 1.09 bits per heavy atom. The van der Waals surface area contributed by atoms with E-state index in [2.05, 4.69) is 44.3 Å². The van der Waals surface area contributed by atoms with Crippen molar-refractivity contribution in [2.75, 3.05) is 19.8 Å². The lowest BCUT2D eigenvalue weighted by Gasteiger charge is -2.29. The fraction of sp³-hybridized carbons (Fsp3) is 0.607. The first-order chi connectivity index (χ1) is 15.8. The number of hydrogen-bond acceptors (Lipinski definition) is 5. The molecule has 1 aliphatic rings. The standard InChI is InChI=1S/C28H42O5/c1-5-6-7-8-22-9-11-23(12-10-22)24-13-15-25(16-14-24)26(18-32-27(30)20(2)3)19-33-28(31)21(4)17-29/h13-16,22-23,26,28-29,31H,2,4-12,17-19H2,1,3H3. The van der Waals surface area contributed by atoms with Gasteiger partial charge in [0.05, 0.1) is 13.2 Å². The van der Waals surface area contributed by atoms with Gasteiger partial charge in [-0.25, -0.2) is 4.79 Å². The second kappa shape index (κ2) is 14.3. The molecular weight excluding hydrogens is 416 g/mol. The minimum absolute atomic E-state index is 0.117. The Labute approximate surface area is 199 Å². The van der Waals surface area contributed by atoms with Crippen LogP contribution in [-0.2, 0) is 14.3 Å². The monoisotopic (exact) mass is 458 g/mol. The minimum Gasteiger partial charge on any atom is -0.462 e. The molecule has 1 aromatic carbocycles. The van der Waals surface area contributed by atoms with Crippen LogP contribution < -0.4 is 0 Å². The lowest BCUT2D eigenvalue weighted by atomic mass is 9.77. The fourth-order valence-corrected chi connectivity index (χ4v) is 4.45. The van der Waals surface area contributed by atoms with Gasteiger partial charge in [-0.2, -0.15) is 0 Å². The van der Waals surface area contributed by atoms with Crippen molar-refractivity contribution in [1.82, 2.24) is 0 Å². The Hall–Kier alpha value is -1.95. The molecule has 1 aromatic rings. The molecule has 0 heterocycles. The van der Waals surface area contributed by atoms with Gasteiger partial charge in [0, 0.05) is 17.1 Å². The quantitative estimate of drug-likeness (QED) is 0.124. The minimum atomic E-state index is -1.26. The van der Waals surface area contributed by atoms with Crippen LogP contribution in [0.1, 0.15) is 88.2 Å². The van der Waals surface area contributed by atoms with E-state index in [0.29, 0.717) is 11.5 Å². The Morgan fingerprint density at radius 3 is 2.33 bits per heavy atom. The molecule has 0 saturated heterocycles. The topological polar surface area (TPSA) is 76.0 Å². The molecule has 1 fully saturated rings. The number of carbonyl (C=O) groups excluding carboxylic acids is 1. The first-order valence-electron chi connectivity index (χ1n) is 12.4. The van der Waals surface area contributed by atoms with Crippen LogP contribution in [0.25, 0.3) is 0 Å². The fourth-order valence-electron chi connectivity index (χ4n) is 4.45. The van der Waals surface area contributed by atoms with Gasteiger partial charge in [-0.15, -0.1) is 0 Å². The third kappa shape index (κ3) is 9.07. The van der Waals surface area contributed by atoms with Gasteiger partial charge in [-0.1, -0.05) is 70.0 Å². The predicted molar refractivity (Wildman–Crippen MR) is 132 cm³/mol. The van der Waals surface area contributed by atoms with E-state index in [4.69, 9.17) is 14.6 Å². The van der Waals surface area contributed by atoms with E-state index < -0.39 is 12.3 Å². The zero-order valence-electron chi connectivity index (χ0n) is 20.4. The summed E-state index contributed by atoms with van der Waals surface area (Å²) in [7, 11) is 0. The maximum atomic E-state index is 11.9. The molecule has 0 spiro atoms. The molecule has 184 valence electrons. The molecule has 0 aliphatic heterocycles. The molecule has 2 unspecified atom stereocenters. The third-order valence-corrected chi connectivity index (χ3v) is 6.71. The molecule has 1 saturated carbocycles. The normalized spacial score (nSPS) is 20.1. The van der Waals surface area contributed by atoms with Gasteiger partial charge >= 0.3 is 5.97 Å². The van der Waals surface area contributed by atoms with Gasteiger partial charge in [0.1, 0.15) is 6.61 Å². The molecule has 1 aliphatic carbocycles. The van der Waals surface area contributed by atoms with Crippen LogP contribution in [-0.4, -0.2) is 42.3 Å². The predicted octanol–water partition coefficient (Wildman–Crippen LogP) is 5.63. The number of esters is 1. The van der Waals surface area contributed by atoms with Crippen molar-refractivity contribution in [2.45, 2.75) is 83.3 Å². The SMILES string of the molecule is C=C(C)C(=O)OCC(COC(O)C(=C)CO)c1ccc(C2CCC(CCCCC)CC2)cc1. The Bertz CT molecular complexity index is 746. The highest BCUT2D eigenvalue weighted by molar-refractivity contribution is 5.86. The van der Waals surface area contributed by atoms with Crippen molar-refractivity contribution < 1.29 is 24.5 Å². The summed E-state index contributed by atoms with van der Waals surface area (Å²) in [6.07, 6.45) is 9.23. The smallest absolute Gasteiger partial charge is 0.333 e. The Kier molecular flexibility index (Phi) is 11.9. The molecule has 5 nitrogen and oxygen atoms in total. The van der Waals surface area contributed by atoms with Crippen molar-refractivity contribution in [1.29, 1.82) is 0 Å². The summed E-state index contributed by atoms with van der Waals surface area (Å²) in [5.41, 5.74) is 2.86. The number of rotatable bonds is 14. The molecular formula is C28H42O5. The van der Waals surface area contributed by atoms with E-state index in [1.807, 2.05) is 0 Å². The van der Waals surface area contributed by atoms with Crippen molar-refractivity contribution in [3.05, 3.63) is 59.7 Å². The van der Waals surface area contributed by atoms with Crippen LogP contribution in [0, 0.1) is 5.92 Å². The number of hydrogen-bond donors (Lipinski definition) is 2. The van der Waals surface area contributed by atoms with E-state index in [0.717, 1.165) is 11.5 Å². The molecule has 0 amide bonds. The van der Waals surface area contributed by atoms with Gasteiger partial charge in [0.25, 0.3) is 0 Å². The van der Waals surface area contributed by atoms with E-state index in [-0.39, 0.29) is 31.3 Å². The second-order valence-electron chi connectivity index (χ2n) is 9.46. The molecule has 5 heteroatoms. The van der Waals surface area contributed by atoms with Crippen molar-refractivity contribution in [3.63, 3.8) is 0 Å². The summed E-state index contributed by atoms with van der Waals surface area (Å²) in [4.78, 5) is 11.9. The highest BCUT2D eigenvalue weighted by atomic mass is 16.6. The maximum Gasteiger partial charge on any atom is 0.333 e. The van der Waals surface area contributed by atoms with E-state index >= 15 is 0 Å². The van der Waals surface area contributed by atoms with Gasteiger partial charge in [-0.3, -0.25) is 0 Å². The number of carbonyl (C=O) groups is 1. The zero-order valence-corrected chi connectivity index (χ0v) is 20.4. The largest absolute Gasteiger partial charge is 0.462 e. The number of benzene rings is 1. The summed E-state index contributed by atoms with van der Waals surface area (Å²) in [5.74, 6) is 0.786. The first kappa shape index (κ1) is 27.3. The van der Waals surface area contributed by atoms with Gasteiger partial charge in [0.15, 0.2) is 6.29 Å². The molecule has 0 bridgehead atoms. The number of aliphatic hydroxyl groups is 2. The molecule has 0 aromatic heterocycles. The summed E-state index contributed by atoms with van der Waals surface area (Å²) >= 11 is 0. The first-order valence-corrected chi connectivity index (χ1v) is 12.4. The highest BCUT2D eigenvalue weighted by Crippen LogP contribution is 2.38. The summed E-state index contributed by atoms with van der Waals surface area (Å²) in [6.45, 7) is 11.0. The lowest BCUT2D eigenvalue weighted by Crippen LogP contribution is -2.23. The van der Waals surface area contributed by atoms with Crippen LogP contribution in [0.3, 0.4) is 0 Å². The van der Waals surface area contributed by atoms with Gasteiger partial charge < -0.3 is 19.7 Å². The molecule has 2 atom stereocenters. The van der Waals surface area contributed by atoms with Crippen molar-refractivity contribution in [2.24, 2.45) is 5.92 Å². The van der Waals surface area contributed by atoms with E-state index in [1.54, 1.807) is 6.92 Å². The summed E-state index contributed by atoms with van der Waals surface area (Å²) in [5, 5.41) is 19.1. The lowest BCUT2D eigenvalue weighted by molar-refractivity contribution is -0.140. The number of ether oxygens (including phenoxy) is 2. The van der Waals surface area contributed by atoms with Crippen LogP contribution in [0.15, 0.2) is 48.6 Å². The third-order valence-electron chi connectivity index (χ3n) is 6.71. The van der Waals surface area contributed by atoms with Crippen LogP contribution in [0.2, 0.25) is 0 Å². The van der Waals surface area contributed by atoms with Crippen LogP contribution >= 0.6 is 0 Å². The van der Waals surface area contributed by atoms with Crippen LogP contribution in [0.4, 0.5) is 0 Å². The molecule has 2 rings (SSSR count). The second-order valence-corrected chi connectivity index (χ2v) is 9.46. The average molecular weight is 459 g/mol. The Morgan fingerprint density at radius 2 is 1.76 bits per heavy atom. The Balaban J connectivity index is 1.98. The summed E-state index contributed by atoms with van der Waals surface area (Å²) < 4.78 is 10.9. The number of unbranched alkanes of at least 4 members (excludes halogenated alkanes) is 2. The molecule has 33 heavy (non-hydrogen) atoms. The maximum absolute atomic E-state index is 11.9. The zero-order chi connectivity index (χ0) is 24.2. The van der Waals surface area contributed by atoms with Crippen molar-refractivity contribution in [3.8, 4) is 0 Å². The number of aliphatic hydroxyl groups excluding tert-OH is 2. The molecule has 0 radical (unpaired) electrons. The summed E-state index contributed by atoms with van der Waals surface area (Å²) in [6, 6.07) is 8.49. The van der Waals surface area contributed by atoms with E-state index in [1.165, 1.54) is 56.9 Å².